The second-order valence-corrected chi connectivity index (χ2v) is 3.86. The van der Waals surface area contributed by atoms with E-state index in [1.54, 1.807) is 12.2 Å². The van der Waals surface area contributed by atoms with Crippen LogP contribution in [0.25, 0.3) is 0 Å². The molecular weight excluding hydrogens is 196 g/mol. The molecule has 0 aromatic rings. The van der Waals surface area contributed by atoms with Gasteiger partial charge in [-0.1, -0.05) is 13.0 Å². The Morgan fingerprint density at radius 1 is 1.60 bits per heavy atom. The van der Waals surface area contributed by atoms with Gasteiger partial charge in [0.25, 0.3) is 0 Å². The number of hydrogen-bond donors (Lipinski definition) is 1. The molecule has 0 aromatic heterocycles. The van der Waals surface area contributed by atoms with Crippen LogP contribution in [0.1, 0.15) is 33.1 Å². The van der Waals surface area contributed by atoms with Crippen LogP contribution in [-0.4, -0.2) is 22.6 Å². The van der Waals surface area contributed by atoms with E-state index in [1.165, 1.54) is 6.92 Å². The van der Waals surface area contributed by atoms with Crippen LogP contribution < -0.4 is 0 Å². The average Bonchev–Trinajstić information content (AvgIpc) is 2.77. The van der Waals surface area contributed by atoms with Crippen LogP contribution in [0.2, 0.25) is 0 Å². The van der Waals surface area contributed by atoms with E-state index in [9.17, 15) is 9.59 Å². The van der Waals surface area contributed by atoms with Gasteiger partial charge >= 0.3 is 11.9 Å². The number of hydrogen-bond acceptors (Lipinski definition) is 3. The summed E-state index contributed by atoms with van der Waals surface area (Å²) in [5.74, 6) is -0.852. The summed E-state index contributed by atoms with van der Waals surface area (Å²) in [6.07, 6.45) is 4.99. The Kier molecular flexibility index (Phi) is 3.50. The maximum atomic E-state index is 10.9. The number of ether oxygens (including phenoxy) is 1. The van der Waals surface area contributed by atoms with Crippen molar-refractivity contribution in [1.29, 1.82) is 0 Å². The number of carbonyl (C=O) groups is 2. The SMILES string of the molecule is CC[C@@H]1C[C@@]1(/C=C/CC(=O)O)OC(C)=O. The van der Waals surface area contributed by atoms with Gasteiger partial charge in [0.1, 0.15) is 5.60 Å². The lowest BCUT2D eigenvalue weighted by atomic mass is 10.2. The number of aliphatic carboxylic acids is 1. The topological polar surface area (TPSA) is 63.6 Å². The lowest BCUT2D eigenvalue weighted by Gasteiger charge is -2.12. The fourth-order valence-corrected chi connectivity index (χ4v) is 1.81. The van der Waals surface area contributed by atoms with E-state index in [4.69, 9.17) is 9.84 Å². The van der Waals surface area contributed by atoms with Crippen molar-refractivity contribution in [3.63, 3.8) is 0 Å². The quantitative estimate of drug-likeness (QED) is 0.557. The Morgan fingerprint density at radius 2 is 2.27 bits per heavy atom. The van der Waals surface area contributed by atoms with Crippen LogP contribution in [0.4, 0.5) is 0 Å². The largest absolute Gasteiger partial charge is 0.481 e. The summed E-state index contributed by atoms with van der Waals surface area (Å²) in [6, 6.07) is 0. The first kappa shape index (κ1) is 11.8. The fourth-order valence-electron chi connectivity index (χ4n) is 1.81. The molecule has 1 aliphatic carbocycles. The molecule has 84 valence electrons. The van der Waals surface area contributed by atoms with Crippen LogP contribution >= 0.6 is 0 Å². The molecule has 0 aromatic carbocycles. The van der Waals surface area contributed by atoms with Crippen molar-refractivity contribution in [3.8, 4) is 0 Å². The highest BCUT2D eigenvalue weighted by Gasteiger charge is 2.54. The highest BCUT2D eigenvalue weighted by Crippen LogP contribution is 2.50. The van der Waals surface area contributed by atoms with Gasteiger partial charge in [-0.25, -0.2) is 0 Å². The van der Waals surface area contributed by atoms with Crippen molar-refractivity contribution in [2.75, 3.05) is 0 Å². The molecule has 1 saturated carbocycles. The van der Waals surface area contributed by atoms with Gasteiger partial charge in [0.15, 0.2) is 0 Å². The standard InChI is InChI=1S/C11H16O4/c1-3-9-7-11(9,15-8(2)12)6-4-5-10(13)14/h4,6,9H,3,5,7H2,1-2H3,(H,13,14)/b6-4+/t9-,11-/m1/s1. The second-order valence-electron chi connectivity index (χ2n) is 3.86. The minimum Gasteiger partial charge on any atom is -0.481 e. The third kappa shape index (κ3) is 3.08. The minimum absolute atomic E-state index is 0.0283. The molecule has 0 heterocycles. The van der Waals surface area contributed by atoms with Crippen molar-refractivity contribution in [3.05, 3.63) is 12.2 Å². The molecule has 0 radical (unpaired) electrons. The zero-order chi connectivity index (χ0) is 11.5. The maximum Gasteiger partial charge on any atom is 0.307 e. The molecular formula is C11H16O4. The number of carboxylic acid groups (broad SMARTS) is 1. The fraction of sp³-hybridized carbons (Fsp3) is 0.636. The molecule has 4 nitrogen and oxygen atoms in total. The zero-order valence-corrected chi connectivity index (χ0v) is 9.03. The summed E-state index contributed by atoms with van der Waals surface area (Å²) in [4.78, 5) is 21.2. The molecule has 1 fully saturated rings. The van der Waals surface area contributed by atoms with Crippen molar-refractivity contribution in [2.45, 2.75) is 38.7 Å². The summed E-state index contributed by atoms with van der Waals surface area (Å²) in [5, 5.41) is 8.48. The van der Waals surface area contributed by atoms with E-state index >= 15 is 0 Å². The van der Waals surface area contributed by atoms with Crippen molar-refractivity contribution >= 4 is 11.9 Å². The molecule has 0 bridgehead atoms. The van der Waals surface area contributed by atoms with Gasteiger partial charge in [0, 0.05) is 12.8 Å². The molecule has 1 rings (SSSR count). The third-order valence-corrected chi connectivity index (χ3v) is 2.62. The van der Waals surface area contributed by atoms with Gasteiger partial charge in [0.05, 0.1) is 6.42 Å². The Hall–Kier alpha value is -1.32. The summed E-state index contributed by atoms with van der Waals surface area (Å²) in [6.45, 7) is 3.40. The number of carboxylic acids is 1. The molecule has 15 heavy (non-hydrogen) atoms. The van der Waals surface area contributed by atoms with E-state index < -0.39 is 11.6 Å². The van der Waals surface area contributed by atoms with E-state index in [0.717, 1.165) is 12.8 Å². The number of carbonyl (C=O) groups excluding carboxylic acids is 1. The molecule has 0 spiro atoms. The summed E-state index contributed by atoms with van der Waals surface area (Å²) in [7, 11) is 0. The van der Waals surface area contributed by atoms with Crippen LogP contribution in [0.3, 0.4) is 0 Å². The van der Waals surface area contributed by atoms with Crippen molar-refractivity contribution in [1.82, 2.24) is 0 Å². The summed E-state index contributed by atoms with van der Waals surface area (Å²) >= 11 is 0. The maximum absolute atomic E-state index is 10.9. The van der Waals surface area contributed by atoms with Crippen LogP contribution in [0.5, 0.6) is 0 Å². The predicted molar refractivity (Wildman–Crippen MR) is 54.3 cm³/mol. The molecule has 0 saturated heterocycles. The lowest BCUT2D eigenvalue weighted by Crippen LogP contribution is -2.17. The highest BCUT2D eigenvalue weighted by atomic mass is 16.6. The first-order valence-electron chi connectivity index (χ1n) is 5.09. The van der Waals surface area contributed by atoms with Crippen molar-refractivity contribution in [2.24, 2.45) is 5.92 Å². The van der Waals surface area contributed by atoms with Gasteiger partial charge in [-0.2, -0.15) is 0 Å². The van der Waals surface area contributed by atoms with Gasteiger partial charge in [-0.3, -0.25) is 9.59 Å². The summed E-state index contributed by atoms with van der Waals surface area (Å²) < 4.78 is 5.22. The van der Waals surface area contributed by atoms with Crippen LogP contribution in [0.15, 0.2) is 12.2 Å². The van der Waals surface area contributed by atoms with Gasteiger partial charge in [0.2, 0.25) is 0 Å². The lowest BCUT2D eigenvalue weighted by molar-refractivity contribution is -0.146. The van der Waals surface area contributed by atoms with Crippen molar-refractivity contribution < 1.29 is 19.4 Å². The predicted octanol–water partition coefficient (Wildman–Crippen LogP) is 1.75. The van der Waals surface area contributed by atoms with Gasteiger partial charge in [-0.15, -0.1) is 0 Å². The monoisotopic (exact) mass is 212 g/mol. The minimum atomic E-state index is -0.877. The van der Waals surface area contributed by atoms with E-state index in [2.05, 4.69) is 0 Å². The zero-order valence-electron chi connectivity index (χ0n) is 9.03. The Labute approximate surface area is 88.9 Å². The molecule has 0 amide bonds. The normalized spacial score (nSPS) is 29.1. The average molecular weight is 212 g/mol. The van der Waals surface area contributed by atoms with E-state index in [-0.39, 0.29) is 12.4 Å². The van der Waals surface area contributed by atoms with Crippen LogP contribution in [-0.2, 0) is 14.3 Å². The molecule has 0 aliphatic heterocycles. The Balaban J connectivity index is 2.56. The summed E-state index contributed by atoms with van der Waals surface area (Å²) in [5.41, 5.74) is -0.518. The van der Waals surface area contributed by atoms with Gasteiger partial charge < -0.3 is 9.84 Å². The first-order valence-corrected chi connectivity index (χ1v) is 5.09. The Morgan fingerprint density at radius 3 is 2.67 bits per heavy atom. The molecule has 1 aliphatic rings. The smallest absolute Gasteiger partial charge is 0.307 e. The van der Waals surface area contributed by atoms with E-state index in [0.29, 0.717) is 5.92 Å². The molecule has 4 heteroatoms. The number of rotatable bonds is 5. The first-order chi connectivity index (χ1) is 7.00. The molecule has 2 atom stereocenters. The highest BCUT2D eigenvalue weighted by molar-refractivity contribution is 5.69. The second kappa shape index (κ2) is 4.47. The van der Waals surface area contributed by atoms with Gasteiger partial charge in [-0.05, 0) is 18.9 Å². The third-order valence-electron chi connectivity index (χ3n) is 2.62. The number of esters is 1. The molecule has 1 N–H and O–H groups in total. The Bertz CT molecular complexity index is 295. The molecule has 0 unspecified atom stereocenters. The van der Waals surface area contributed by atoms with E-state index in [1.807, 2.05) is 6.92 Å². The van der Waals surface area contributed by atoms with Crippen LogP contribution in [0, 0.1) is 5.92 Å².